The van der Waals surface area contributed by atoms with Crippen LogP contribution in [-0.4, -0.2) is 45.5 Å². The minimum atomic E-state index is -4.05. The summed E-state index contributed by atoms with van der Waals surface area (Å²) in [5.41, 5.74) is 1.08. The first-order chi connectivity index (χ1) is 14.2. The molecule has 11 heteroatoms. The van der Waals surface area contributed by atoms with Crippen LogP contribution in [0.2, 0.25) is 0 Å². The number of halogens is 2. The van der Waals surface area contributed by atoms with Crippen molar-refractivity contribution in [3.63, 3.8) is 0 Å². The van der Waals surface area contributed by atoms with Gasteiger partial charge < -0.3 is 0 Å². The Kier molecular flexibility index (Phi) is 5.10. The first kappa shape index (κ1) is 20.5. The quantitative estimate of drug-likeness (QED) is 0.556. The molecule has 0 spiro atoms. The van der Waals surface area contributed by atoms with Crippen molar-refractivity contribution in [1.29, 1.82) is 0 Å². The van der Waals surface area contributed by atoms with Gasteiger partial charge in [0.2, 0.25) is 0 Å². The van der Waals surface area contributed by atoms with E-state index in [4.69, 9.17) is 0 Å². The fourth-order valence-corrected chi connectivity index (χ4v) is 4.96. The molecule has 0 N–H and O–H groups in total. The zero-order valence-electron chi connectivity index (χ0n) is 15.9. The van der Waals surface area contributed by atoms with Gasteiger partial charge in [-0.1, -0.05) is 17.7 Å². The summed E-state index contributed by atoms with van der Waals surface area (Å²) >= 11 is 0. The van der Waals surface area contributed by atoms with E-state index in [-0.39, 0.29) is 38.6 Å². The summed E-state index contributed by atoms with van der Waals surface area (Å²) in [5.74, 6) is -0.923. The van der Waals surface area contributed by atoms with E-state index < -0.39 is 32.8 Å². The topological polar surface area (TPSA) is 94.3 Å². The number of hydrogen-bond donors (Lipinski definition) is 0. The Hall–Kier alpha value is -2.79. The van der Waals surface area contributed by atoms with E-state index in [9.17, 15) is 21.4 Å². The second-order valence-corrected chi connectivity index (χ2v) is 9.83. The van der Waals surface area contributed by atoms with Crippen LogP contribution in [0.15, 0.2) is 51.6 Å². The van der Waals surface area contributed by atoms with E-state index in [0.29, 0.717) is 0 Å². The van der Waals surface area contributed by atoms with E-state index in [1.165, 1.54) is 30.7 Å². The fourth-order valence-electron chi connectivity index (χ4n) is 3.08. The highest BCUT2D eigenvalue weighted by Gasteiger charge is 2.25. The molecule has 2 atom stereocenters. The lowest BCUT2D eigenvalue weighted by atomic mass is 10.2. The normalized spacial score (nSPS) is 17.0. The van der Waals surface area contributed by atoms with Gasteiger partial charge in [0, 0.05) is 23.2 Å². The van der Waals surface area contributed by atoms with E-state index >= 15 is 0 Å². The first-order valence-corrected chi connectivity index (χ1v) is 11.8. The van der Waals surface area contributed by atoms with E-state index in [1.54, 1.807) is 12.1 Å². The molecule has 156 valence electrons. The van der Waals surface area contributed by atoms with Gasteiger partial charge >= 0.3 is 0 Å². The second-order valence-electron chi connectivity index (χ2n) is 6.72. The molecule has 0 aliphatic carbocycles. The lowest BCUT2D eigenvalue weighted by Crippen LogP contribution is -2.38. The highest BCUT2D eigenvalue weighted by molar-refractivity contribution is 7.90. The SMILES string of the molecule is Cc1ccc(S(=O)(=O)n2cc(-c3ncc(F)c(S(C)=O)n3)c3c2=NCC(F)C=3)cc1. The van der Waals surface area contributed by atoms with Crippen molar-refractivity contribution in [1.82, 2.24) is 13.9 Å². The monoisotopic (exact) mass is 450 g/mol. The van der Waals surface area contributed by atoms with Crippen LogP contribution in [0.3, 0.4) is 0 Å². The van der Waals surface area contributed by atoms with Crippen molar-refractivity contribution < 1.29 is 21.4 Å². The molecule has 3 aromatic rings. The number of aryl methyl sites for hydroxylation is 1. The number of alkyl halides is 1. The largest absolute Gasteiger partial charge is 0.269 e. The molecule has 0 bridgehead atoms. The number of rotatable bonds is 4. The highest BCUT2D eigenvalue weighted by Crippen LogP contribution is 2.18. The number of aromatic nitrogens is 3. The van der Waals surface area contributed by atoms with Gasteiger partial charge in [0.15, 0.2) is 16.7 Å². The molecule has 0 fully saturated rings. The molecule has 0 amide bonds. The molecule has 0 saturated carbocycles. The maximum absolute atomic E-state index is 14.0. The summed E-state index contributed by atoms with van der Waals surface area (Å²) in [7, 11) is -5.78. The van der Waals surface area contributed by atoms with Crippen molar-refractivity contribution in [2.45, 2.75) is 23.0 Å². The van der Waals surface area contributed by atoms with Crippen LogP contribution in [0, 0.1) is 12.7 Å². The Balaban J connectivity index is 1.99. The third-order valence-electron chi connectivity index (χ3n) is 4.55. The van der Waals surface area contributed by atoms with Gasteiger partial charge in [-0.25, -0.2) is 31.1 Å². The van der Waals surface area contributed by atoms with Gasteiger partial charge in [-0.05, 0) is 25.1 Å². The van der Waals surface area contributed by atoms with Crippen molar-refractivity contribution >= 4 is 26.9 Å². The third-order valence-corrected chi connectivity index (χ3v) is 7.05. The summed E-state index contributed by atoms with van der Waals surface area (Å²) in [6, 6.07) is 6.26. The maximum Gasteiger partial charge on any atom is 0.269 e. The molecule has 1 aliphatic heterocycles. The zero-order chi connectivity index (χ0) is 21.6. The van der Waals surface area contributed by atoms with Crippen LogP contribution >= 0.6 is 0 Å². The van der Waals surface area contributed by atoms with Gasteiger partial charge in [0.25, 0.3) is 10.0 Å². The Morgan fingerprint density at radius 2 is 1.93 bits per heavy atom. The molecule has 4 rings (SSSR count). The van der Waals surface area contributed by atoms with Crippen molar-refractivity contribution in [3.05, 3.63) is 58.7 Å². The Morgan fingerprint density at radius 1 is 1.23 bits per heavy atom. The summed E-state index contributed by atoms with van der Waals surface area (Å²) in [6.07, 6.45) is 3.15. The number of fused-ring (bicyclic) bond motifs is 1. The maximum atomic E-state index is 14.0. The van der Waals surface area contributed by atoms with Gasteiger partial charge in [0.1, 0.15) is 11.7 Å². The number of nitrogens with zero attached hydrogens (tertiary/aromatic N) is 4. The average molecular weight is 450 g/mol. The van der Waals surface area contributed by atoms with E-state index in [2.05, 4.69) is 15.0 Å². The number of benzene rings is 1. The molecule has 2 unspecified atom stereocenters. The summed E-state index contributed by atoms with van der Waals surface area (Å²) in [4.78, 5) is 12.0. The summed E-state index contributed by atoms with van der Waals surface area (Å²) in [6.45, 7) is 1.60. The highest BCUT2D eigenvalue weighted by atomic mass is 32.2. The smallest absolute Gasteiger partial charge is 0.263 e. The van der Waals surface area contributed by atoms with Crippen LogP contribution in [0.4, 0.5) is 8.78 Å². The molecule has 0 saturated heterocycles. The van der Waals surface area contributed by atoms with Crippen LogP contribution < -0.4 is 10.7 Å². The Labute approximate surface area is 173 Å². The van der Waals surface area contributed by atoms with Crippen LogP contribution in [0.5, 0.6) is 0 Å². The molecule has 7 nitrogen and oxygen atoms in total. The van der Waals surface area contributed by atoms with Gasteiger partial charge in [-0.15, -0.1) is 0 Å². The predicted octanol–water partition coefficient (Wildman–Crippen LogP) is 1.12. The van der Waals surface area contributed by atoms with Gasteiger partial charge in [0.05, 0.1) is 28.4 Å². The molecular formula is C19H16F2N4O3S2. The average Bonchev–Trinajstić information content (AvgIpc) is 3.08. The molecule has 1 aromatic carbocycles. The van der Waals surface area contributed by atoms with Crippen molar-refractivity contribution in [2.24, 2.45) is 4.99 Å². The van der Waals surface area contributed by atoms with Crippen molar-refractivity contribution in [3.8, 4) is 11.4 Å². The first-order valence-electron chi connectivity index (χ1n) is 8.79. The van der Waals surface area contributed by atoms with E-state index in [1.807, 2.05) is 6.92 Å². The standard InChI is InChI=1S/C19H16F2N4O3S2/c1-11-3-5-13(6-4-11)30(27,28)25-10-15(14-7-12(20)8-23-18(14)25)17-22-9-16(21)19(24-17)29(2)26/h3-7,9-10,12H,8H2,1-2H3. The minimum Gasteiger partial charge on any atom is -0.263 e. The molecule has 0 radical (unpaired) electrons. The van der Waals surface area contributed by atoms with Crippen molar-refractivity contribution in [2.75, 3.05) is 12.8 Å². The molecular weight excluding hydrogens is 434 g/mol. The van der Waals surface area contributed by atoms with E-state index in [0.717, 1.165) is 15.7 Å². The lowest BCUT2D eigenvalue weighted by Gasteiger charge is -2.08. The summed E-state index contributed by atoms with van der Waals surface area (Å²) in [5, 5.41) is -0.142. The zero-order valence-corrected chi connectivity index (χ0v) is 17.5. The lowest BCUT2D eigenvalue weighted by molar-refractivity contribution is 0.421. The van der Waals surface area contributed by atoms with Crippen LogP contribution in [0.25, 0.3) is 17.5 Å². The predicted molar refractivity (Wildman–Crippen MR) is 107 cm³/mol. The summed E-state index contributed by atoms with van der Waals surface area (Å²) < 4.78 is 67.1. The second kappa shape index (κ2) is 7.47. The Bertz CT molecular complexity index is 1400. The molecule has 2 aromatic heterocycles. The fraction of sp³-hybridized carbons (Fsp3) is 0.211. The van der Waals surface area contributed by atoms with Crippen LogP contribution in [-0.2, 0) is 20.8 Å². The molecule has 1 aliphatic rings. The third kappa shape index (κ3) is 3.47. The van der Waals surface area contributed by atoms with Gasteiger partial charge in [-0.2, -0.15) is 0 Å². The van der Waals surface area contributed by atoms with Crippen LogP contribution in [0.1, 0.15) is 5.56 Å². The minimum absolute atomic E-state index is 0.0328. The molecule has 3 heterocycles. The molecule has 30 heavy (non-hydrogen) atoms. The number of hydrogen-bond acceptors (Lipinski definition) is 6. The Morgan fingerprint density at radius 3 is 2.60 bits per heavy atom. The van der Waals surface area contributed by atoms with Gasteiger partial charge in [-0.3, -0.25) is 9.20 Å².